The Hall–Kier alpha value is -2.63. The summed E-state index contributed by atoms with van der Waals surface area (Å²) in [7, 11) is 1.27. The summed E-state index contributed by atoms with van der Waals surface area (Å²) >= 11 is 12.1. The van der Waals surface area contributed by atoms with Crippen molar-refractivity contribution in [2.24, 2.45) is 0 Å². The fourth-order valence-electron chi connectivity index (χ4n) is 2.72. The minimum Gasteiger partial charge on any atom is -0.466 e. The Morgan fingerprint density at radius 2 is 1.96 bits per heavy atom. The van der Waals surface area contributed by atoms with Gasteiger partial charge in [0, 0.05) is 16.1 Å². The van der Waals surface area contributed by atoms with E-state index in [0.29, 0.717) is 26.9 Å². The van der Waals surface area contributed by atoms with Gasteiger partial charge in [-0.05, 0) is 35.4 Å². The number of halogens is 2. The number of amides is 1. The molecule has 5 nitrogen and oxygen atoms in total. The molecular weight excluding hydrogens is 377 g/mol. The fraction of sp³-hybridized carbons (Fsp3) is 0.105. The largest absolute Gasteiger partial charge is 0.466 e. The van der Waals surface area contributed by atoms with Gasteiger partial charge in [0.15, 0.2) is 0 Å². The molecular formula is C19H13Cl2NO4. The predicted octanol–water partition coefficient (Wildman–Crippen LogP) is 3.91. The lowest BCUT2D eigenvalue weighted by atomic mass is 10.1. The van der Waals surface area contributed by atoms with E-state index in [9.17, 15) is 14.4 Å². The van der Waals surface area contributed by atoms with Crippen molar-refractivity contribution in [3.63, 3.8) is 0 Å². The number of para-hydroxylation sites is 1. The first-order valence-electron chi connectivity index (χ1n) is 7.61. The summed E-state index contributed by atoms with van der Waals surface area (Å²) in [5.41, 5.74) is 1.93. The number of rotatable bonds is 4. The normalized spacial score (nSPS) is 13.4. The van der Waals surface area contributed by atoms with E-state index in [1.165, 1.54) is 24.2 Å². The van der Waals surface area contributed by atoms with E-state index in [1.807, 2.05) is 0 Å². The van der Waals surface area contributed by atoms with Gasteiger partial charge in [-0.15, -0.1) is 0 Å². The topological polar surface area (TPSA) is 63.7 Å². The highest BCUT2D eigenvalue weighted by atomic mass is 35.5. The van der Waals surface area contributed by atoms with Crippen LogP contribution in [-0.4, -0.2) is 24.8 Å². The lowest BCUT2D eigenvalue weighted by Gasteiger charge is -2.19. The van der Waals surface area contributed by atoms with Crippen molar-refractivity contribution in [1.82, 2.24) is 0 Å². The van der Waals surface area contributed by atoms with Gasteiger partial charge in [-0.3, -0.25) is 14.5 Å². The van der Waals surface area contributed by atoms with Crippen LogP contribution in [0.3, 0.4) is 0 Å². The van der Waals surface area contributed by atoms with Gasteiger partial charge in [0.05, 0.1) is 24.9 Å². The predicted molar refractivity (Wildman–Crippen MR) is 99.5 cm³/mol. The summed E-state index contributed by atoms with van der Waals surface area (Å²) < 4.78 is 4.58. The van der Waals surface area contributed by atoms with Crippen LogP contribution in [0.2, 0.25) is 10.0 Å². The van der Waals surface area contributed by atoms with Crippen LogP contribution in [0.25, 0.3) is 6.08 Å². The van der Waals surface area contributed by atoms with Gasteiger partial charge >= 0.3 is 5.97 Å². The number of fused-ring (bicyclic) bond motifs is 1. The number of ether oxygens (including phenoxy) is 1. The molecule has 0 N–H and O–H groups in total. The number of hydrogen-bond acceptors (Lipinski definition) is 4. The minimum absolute atomic E-state index is 0.108. The van der Waals surface area contributed by atoms with Crippen molar-refractivity contribution in [3.05, 3.63) is 69.2 Å². The molecule has 0 spiro atoms. The van der Waals surface area contributed by atoms with Gasteiger partial charge in [0.1, 0.15) is 0 Å². The molecule has 132 valence electrons. The van der Waals surface area contributed by atoms with E-state index >= 15 is 0 Å². The zero-order valence-corrected chi connectivity index (χ0v) is 15.2. The molecule has 1 amide bonds. The molecule has 1 aliphatic rings. The molecule has 0 saturated heterocycles. The SMILES string of the molecule is COC(=O)C=Cc1cccc2c1N(Cc1ccc(Cl)cc1Cl)C(=O)C2=O. The van der Waals surface area contributed by atoms with Crippen molar-refractivity contribution in [3.8, 4) is 0 Å². The molecule has 1 heterocycles. The number of nitrogens with zero attached hydrogens (tertiary/aromatic N) is 1. The van der Waals surface area contributed by atoms with Crippen LogP contribution in [0.5, 0.6) is 0 Å². The van der Waals surface area contributed by atoms with E-state index in [2.05, 4.69) is 4.74 Å². The zero-order valence-electron chi connectivity index (χ0n) is 13.7. The van der Waals surface area contributed by atoms with E-state index < -0.39 is 17.7 Å². The maximum Gasteiger partial charge on any atom is 0.330 e. The molecule has 1 aliphatic heterocycles. The Balaban J connectivity index is 2.04. The van der Waals surface area contributed by atoms with Gasteiger partial charge in [0.25, 0.3) is 11.7 Å². The van der Waals surface area contributed by atoms with Crippen LogP contribution < -0.4 is 4.90 Å². The quantitative estimate of drug-likeness (QED) is 0.451. The zero-order chi connectivity index (χ0) is 18.8. The Morgan fingerprint density at radius 3 is 2.65 bits per heavy atom. The number of Topliss-reactive ketones (excluding diaryl/α,β-unsaturated/α-hetero) is 1. The first-order valence-corrected chi connectivity index (χ1v) is 8.37. The molecule has 0 radical (unpaired) electrons. The Bertz CT molecular complexity index is 953. The van der Waals surface area contributed by atoms with Crippen LogP contribution in [0.15, 0.2) is 42.5 Å². The molecule has 0 bridgehead atoms. The summed E-state index contributed by atoms with van der Waals surface area (Å²) in [4.78, 5) is 37.5. The first kappa shape index (κ1) is 18.2. The Labute approximate surface area is 159 Å². The van der Waals surface area contributed by atoms with Crippen LogP contribution in [0, 0.1) is 0 Å². The monoisotopic (exact) mass is 389 g/mol. The summed E-state index contributed by atoms with van der Waals surface area (Å²) in [6.45, 7) is 0.108. The average Bonchev–Trinajstić information content (AvgIpc) is 2.87. The maximum absolute atomic E-state index is 12.5. The van der Waals surface area contributed by atoms with E-state index in [1.54, 1.807) is 36.4 Å². The van der Waals surface area contributed by atoms with Crippen LogP contribution >= 0.6 is 23.2 Å². The molecule has 2 aromatic rings. The third kappa shape index (κ3) is 3.36. The minimum atomic E-state index is -0.648. The lowest BCUT2D eigenvalue weighted by Crippen LogP contribution is -2.29. The van der Waals surface area contributed by atoms with E-state index in [4.69, 9.17) is 23.2 Å². The maximum atomic E-state index is 12.5. The third-order valence-corrected chi connectivity index (χ3v) is 4.55. The van der Waals surface area contributed by atoms with Crippen molar-refractivity contribution < 1.29 is 19.1 Å². The van der Waals surface area contributed by atoms with Crippen molar-refractivity contribution in [1.29, 1.82) is 0 Å². The lowest BCUT2D eigenvalue weighted by molar-refractivity contribution is -0.134. The Morgan fingerprint density at radius 1 is 1.19 bits per heavy atom. The number of hydrogen-bond donors (Lipinski definition) is 0. The van der Waals surface area contributed by atoms with Crippen molar-refractivity contribution in [2.45, 2.75) is 6.54 Å². The van der Waals surface area contributed by atoms with Gasteiger partial charge in [0.2, 0.25) is 0 Å². The average molecular weight is 390 g/mol. The Kier molecular flexibility index (Phi) is 5.11. The van der Waals surface area contributed by atoms with Gasteiger partial charge < -0.3 is 4.74 Å². The standard InChI is InChI=1S/C19H13Cl2NO4/c1-26-16(23)8-6-11-3-2-4-14-17(11)22(19(25)18(14)24)10-12-5-7-13(20)9-15(12)21/h2-9H,10H2,1H3. The van der Waals surface area contributed by atoms with Crippen LogP contribution in [-0.2, 0) is 20.9 Å². The number of carbonyl (C=O) groups is 3. The first-order chi connectivity index (χ1) is 12.4. The highest BCUT2D eigenvalue weighted by Crippen LogP contribution is 2.35. The number of carbonyl (C=O) groups excluding carboxylic acids is 3. The molecule has 3 rings (SSSR count). The number of methoxy groups -OCH3 is 1. The molecule has 0 unspecified atom stereocenters. The van der Waals surface area contributed by atoms with Crippen LogP contribution in [0.4, 0.5) is 5.69 Å². The molecule has 0 aliphatic carbocycles. The smallest absolute Gasteiger partial charge is 0.330 e. The molecule has 0 saturated carbocycles. The number of anilines is 1. The van der Waals surface area contributed by atoms with Crippen LogP contribution in [0.1, 0.15) is 21.5 Å². The molecule has 0 aromatic heterocycles. The van der Waals surface area contributed by atoms with E-state index in [-0.39, 0.29) is 12.1 Å². The number of esters is 1. The number of ketones is 1. The molecule has 0 fully saturated rings. The number of benzene rings is 2. The van der Waals surface area contributed by atoms with E-state index in [0.717, 1.165) is 0 Å². The summed E-state index contributed by atoms with van der Waals surface area (Å²) in [6, 6.07) is 9.88. The third-order valence-electron chi connectivity index (χ3n) is 3.96. The van der Waals surface area contributed by atoms with Gasteiger partial charge in [-0.25, -0.2) is 4.79 Å². The molecule has 26 heavy (non-hydrogen) atoms. The molecule has 7 heteroatoms. The van der Waals surface area contributed by atoms with Crippen molar-refractivity contribution in [2.75, 3.05) is 12.0 Å². The highest BCUT2D eigenvalue weighted by Gasteiger charge is 2.37. The highest BCUT2D eigenvalue weighted by molar-refractivity contribution is 6.52. The molecule has 0 atom stereocenters. The second-order valence-corrected chi connectivity index (χ2v) is 6.40. The fourth-order valence-corrected chi connectivity index (χ4v) is 3.18. The molecule has 2 aromatic carbocycles. The van der Waals surface area contributed by atoms with Gasteiger partial charge in [-0.2, -0.15) is 0 Å². The van der Waals surface area contributed by atoms with Crippen molar-refractivity contribution >= 4 is 52.6 Å². The second kappa shape index (κ2) is 7.32. The second-order valence-electron chi connectivity index (χ2n) is 5.56. The summed E-state index contributed by atoms with van der Waals surface area (Å²) in [6.07, 6.45) is 2.74. The summed E-state index contributed by atoms with van der Waals surface area (Å²) in [5.74, 6) is -1.78. The van der Waals surface area contributed by atoms with Gasteiger partial charge in [-0.1, -0.05) is 41.4 Å². The summed E-state index contributed by atoms with van der Waals surface area (Å²) in [5, 5.41) is 0.874.